The van der Waals surface area contributed by atoms with Gasteiger partial charge in [0, 0.05) is 17.1 Å². The Balaban J connectivity index is 1.51. The first-order valence-corrected chi connectivity index (χ1v) is 7.74. The molecule has 0 aliphatic heterocycles. The van der Waals surface area contributed by atoms with Crippen molar-refractivity contribution in [2.75, 3.05) is 5.32 Å². The molecule has 0 unspecified atom stereocenters. The minimum atomic E-state index is -0.277. The second-order valence-electron chi connectivity index (χ2n) is 5.59. The monoisotopic (exact) mass is 330 g/mol. The highest BCUT2D eigenvalue weighted by molar-refractivity contribution is 6.02. The van der Waals surface area contributed by atoms with Gasteiger partial charge in [-0.25, -0.2) is 9.78 Å². The summed E-state index contributed by atoms with van der Waals surface area (Å²) in [6.07, 6.45) is 3.10. The van der Waals surface area contributed by atoms with Crippen LogP contribution in [0.5, 0.6) is 0 Å². The molecule has 0 spiro atoms. The number of para-hydroxylation sites is 1. The lowest BCUT2D eigenvalue weighted by Crippen LogP contribution is -2.07. The van der Waals surface area contributed by atoms with E-state index in [0.717, 1.165) is 10.9 Å². The lowest BCUT2D eigenvalue weighted by Gasteiger charge is -2.02. The van der Waals surface area contributed by atoms with Gasteiger partial charge >= 0.3 is 5.69 Å². The van der Waals surface area contributed by atoms with Crippen LogP contribution in [0.1, 0.15) is 5.69 Å². The molecule has 0 bridgehead atoms. The molecular formula is C19H14N4O2. The van der Waals surface area contributed by atoms with Gasteiger partial charge in [0.25, 0.3) is 0 Å². The minimum Gasteiger partial charge on any atom is -0.322 e. The van der Waals surface area contributed by atoms with Gasteiger partial charge in [-0.2, -0.15) is 0 Å². The Morgan fingerprint density at radius 3 is 2.76 bits per heavy atom. The molecular weight excluding hydrogens is 316 g/mol. The lowest BCUT2D eigenvalue weighted by atomic mass is 10.2. The topological polar surface area (TPSA) is 90.6 Å². The lowest BCUT2D eigenvalue weighted by molar-refractivity contribution is -0.111. The summed E-state index contributed by atoms with van der Waals surface area (Å²) in [5, 5.41) is 3.81. The number of H-pyrrole nitrogens is 2. The van der Waals surface area contributed by atoms with E-state index in [2.05, 4.69) is 20.3 Å². The first-order chi connectivity index (χ1) is 12.2. The van der Waals surface area contributed by atoms with E-state index in [1.54, 1.807) is 24.3 Å². The van der Waals surface area contributed by atoms with Gasteiger partial charge in [0.2, 0.25) is 5.91 Å². The smallest absolute Gasteiger partial charge is 0.322 e. The van der Waals surface area contributed by atoms with Gasteiger partial charge in [-0.05, 0) is 36.4 Å². The Labute approximate surface area is 142 Å². The zero-order valence-electron chi connectivity index (χ0n) is 13.1. The zero-order valence-corrected chi connectivity index (χ0v) is 13.1. The summed E-state index contributed by atoms with van der Waals surface area (Å²) in [5.74, 6) is -0.271. The minimum absolute atomic E-state index is 0.271. The van der Waals surface area contributed by atoms with Crippen LogP contribution in [0.2, 0.25) is 0 Å². The van der Waals surface area contributed by atoms with Crippen LogP contribution in [0.15, 0.2) is 65.5 Å². The molecule has 4 aromatic rings. The number of nitrogens with zero attached hydrogens (tertiary/aromatic N) is 1. The maximum absolute atomic E-state index is 12.1. The Bertz CT molecular complexity index is 1170. The van der Waals surface area contributed by atoms with Crippen LogP contribution in [0.4, 0.5) is 5.69 Å². The number of fused-ring (bicyclic) bond motifs is 2. The van der Waals surface area contributed by atoms with E-state index >= 15 is 0 Å². The largest absolute Gasteiger partial charge is 0.323 e. The molecule has 25 heavy (non-hydrogen) atoms. The van der Waals surface area contributed by atoms with E-state index in [1.807, 2.05) is 36.4 Å². The van der Waals surface area contributed by atoms with Crippen molar-refractivity contribution in [1.82, 2.24) is 15.0 Å². The van der Waals surface area contributed by atoms with Crippen LogP contribution in [0.25, 0.3) is 28.0 Å². The third-order valence-electron chi connectivity index (χ3n) is 3.81. The summed E-state index contributed by atoms with van der Waals surface area (Å²) >= 11 is 0. The molecule has 4 rings (SSSR count). The highest BCUT2D eigenvalue weighted by atomic mass is 16.1. The molecule has 2 heterocycles. The van der Waals surface area contributed by atoms with Gasteiger partial charge in [-0.15, -0.1) is 0 Å². The molecule has 6 heteroatoms. The highest BCUT2D eigenvalue weighted by Gasteiger charge is 2.02. The van der Waals surface area contributed by atoms with Crippen molar-refractivity contribution in [3.05, 3.63) is 76.9 Å². The quantitative estimate of drug-likeness (QED) is 0.504. The summed E-state index contributed by atoms with van der Waals surface area (Å²) in [7, 11) is 0. The van der Waals surface area contributed by atoms with Crippen LogP contribution in [0, 0.1) is 0 Å². The third-order valence-corrected chi connectivity index (χ3v) is 3.81. The number of benzene rings is 2. The Kier molecular flexibility index (Phi) is 3.63. The van der Waals surface area contributed by atoms with Crippen molar-refractivity contribution in [3.8, 4) is 0 Å². The number of carbonyl (C=O) groups excluding carboxylic acids is 1. The standard InChI is InChI=1S/C19H14N4O2/c24-18(21-14-7-9-16-17(11-14)23-19(25)22-16)10-8-13-6-5-12-3-1-2-4-15(12)20-13/h1-11H,(H,21,24)(H2,22,23,25)/b10-8+. The first kappa shape index (κ1) is 14.9. The number of rotatable bonds is 3. The Morgan fingerprint density at radius 1 is 1.00 bits per heavy atom. The SMILES string of the molecule is O=C(/C=C/c1ccc2ccccc2n1)Nc1ccc2[nH]c(=O)[nH]c2c1. The Morgan fingerprint density at radius 2 is 1.84 bits per heavy atom. The molecule has 3 N–H and O–H groups in total. The molecule has 2 aromatic carbocycles. The number of hydrogen-bond donors (Lipinski definition) is 3. The number of hydrogen-bond acceptors (Lipinski definition) is 3. The van der Waals surface area contributed by atoms with Crippen molar-refractivity contribution in [2.24, 2.45) is 0 Å². The predicted octanol–water partition coefficient (Wildman–Crippen LogP) is 3.06. The maximum atomic E-state index is 12.1. The zero-order chi connectivity index (χ0) is 17.2. The highest BCUT2D eigenvalue weighted by Crippen LogP contribution is 2.15. The number of nitrogens with one attached hydrogen (secondary N) is 3. The van der Waals surface area contributed by atoms with Crippen molar-refractivity contribution in [1.29, 1.82) is 0 Å². The third kappa shape index (κ3) is 3.18. The number of carbonyl (C=O) groups is 1. The molecule has 2 aromatic heterocycles. The number of pyridine rings is 1. The second kappa shape index (κ2) is 6.09. The van der Waals surface area contributed by atoms with Crippen molar-refractivity contribution in [2.45, 2.75) is 0 Å². The summed E-state index contributed by atoms with van der Waals surface area (Å²) < 4.78 is 0. The normalized spacial score (nSPS) is 11.4. The van der Waals surface area contributed by atoms with Gasteiger partial charge in [0.1, 0.15) is 0 Å². The number of aromatic nitrogens is 3. The number of imidazole rings is 1. The van der Waals surface area contributed by atoms with E-state index in [1.165, 1.54) is 6.08 Å². The molecule has 0 saturated heterocycles. The predicted molar refractivity (Wildman–Crippen MR) is 98.3 cm³/mol. The summed E-state index contributed by atoms with van der Waals surface area (Å²) in [6, 6.07) is 16.8. The molecule has 0 fully saturated rings. The van der Waals surface area contributed by atoms with Crippen molar-refractivity contribution < 1.29 is 4.79 Å². The van der Waals surface area contributed by atoms with Crippen LogP contribution >= 0.6 is 0 Å². The van der Waals surface area contributed by atoms with Gasteiger partial charge in [-0.3, -0.25) is 4.79 Å². The van der Waals surface area contributed by atoms with Gasteiger partial charge < -0.3 is 15.3 Å². The Hall–Kier alpha value is -3.67. The van der Waals surface area contributed by atoms with Gasteiger partial charge in [0.05, 0.1) is 22.2 Å². The van der Waals surface area contributed by atoms with Crippen molar-refractivity contribution >= 4 is 39.6 Å². The summed E-state index contributed by atoms with van der Waals surface area (Å²) in [4.78, 5) is 33.1. The second-order valence-corrected chi connectivity index (χ2v) is 5.59. The fourth-order valence-corrected chi connectivity index (χ4v) is 2.63. The maximum Gasteiger partial charge on any atom is 0.323 e. The first-order valence-electron chi connectivity index (χ1n) is 7.74. The van der Waals surface area contributed by atoms with E-state index in [4.69, 9.17) is 0 Å². The van der Waals surface area contributed by atoms with E-state index in [9.17, 15) is 9.59 Å². The van der Waals surface area contributed by atoms with Crippen LogP contribution in [0.3, 0.4) is 0 Å². The number of amides is 1. The summed E-state index contributed by atoms with van der Waals surface area (Å²) in [5.41, 5.74) is 3.25. The van der Waals surface area contributed by atoms with Crippen LogP contribution in [-0.4, -0.2) is 20.9 Å². The van der Waals surface area contributed by atoms with E-state index in [0.29, 0.717) is 22.4 Å². The molecule has 0 radical (unpaired) electrons. The average molecular weight is 330 g/mol. The molecule has 0 saturated carbocycles. The van der Waals surface area contributed by atoms with Crippen molar-refractivity contribution in [3.63, 3.8) is 0 Å². The molecule has 6 nitrogen and oxygen atoms in total. The molecule has 0 atom stereocenters. The molecule has 0 aliphatic rings. The van der Waals surface area contributed by atoms with Gasteiger partial charge in [0.15, 0.2) is 0 Å². The fourth-order valence-electron chi connectivity index (χ4n) is 2.63. The molecule has 0 aliphatic carbocycles. The van der Waals surface area contributed by atoms with Crippen LogP contribution in [-0.2, 0) is 4.79 Å². The average Bonchev–Trinajstić information content (AvgIpc) is 2.99. The molecule has 1 amide bonds. The van der Waals surface area contributed by atoms with E-state index < -0.39 is 0 Å². The summed E-state index contributed by atoms with van der Waals surface area (Å²) in [6.45, 7) is 0. The molecule has 122 valence electrons. The number of anilines is 1. The van der Waals surface area contributed by atoms with Crippen LogP contribution < -0.4 is 11.0 Å². The number of aromatic amines is 2. The van der Waals surface area contributed by atoms with Gasteiger partial charge in [-0.1, -0.05) is 24.3 Å². The fraction of sp³-hybridized carbons (Fsp3) is 0. The van der Waals surface area contributed by atoms with E-state index in [-0.39, 0.29) is 11.6 Å².